The molecule has 1 atom stereocenters. The predicted octanol–water partition coefficient (Wildman–Crippen LogP) is 2.96. The van der Waals surface area contributed by atoms with Gasteiger partial charge in [-0.2, -0.15) is 0 Å². The number of hydrogen-bond acceptors (Lipinski definition) is 4. The van der Waals surface area contributed by atoms with Crippen molar-refractivity contribution < 1.29 is 9.59 Å². The molecule has 2 aromatic rings. The second kappa shape index (κ2) is 7.31. The molecule has 0 aliphatic carbocycles. The molecule has 122 valence electrons. The predicted molar refractivity (Wildman–Crippen MR) is 97.5 cm³/mol. The number of aliphatic imine (C=N–C) groups is 1. The quantitative estimate of drug-likeness (QED) is 0.931. The number of carbonyl (C=O) groups is 2. The van der Waals surface area contributed by atoms with Gasteiger partial charge < -0.3 is 5.32 Å². The van der Waals surface area contributed by atoms with Crippen LogP contribution in [-0.2, 0) is 9.59 Å². The van der Waals surface area contributed by atoms with E-state index < -0.39 is 5.25 Å². The second-order valence-electron chi connectivity index (χ2n) is 5.22. The van der Waals surface area contributed by atoms with Gasteiger partial charge in [0.15, 0.2) is 5.17 Å². The molecule has 1 saturated heterocycles. The van der Waals surface area contributed by atoms with E-state index in [1.807, 2.05) is 60.7 Å². The Labute approximate surface area is 144 Å². The van der Waals surface area contributed by atoms with Gasteiger partial charge in [-0.25, -0.2) is 4.99 Å². The number of para-hydroxylation sites is 2. The van der Waals surface area contributed by atoms with Crippen LogP contribution < -0.4 is 10.2 Å². The summed E-state index contributed by atoms with van der Waals surface area (Å²) < 4.78 is 0. The smallest absolute Gasteiger partial charge is 0.247 e. The molecule has 1 aliphatic heterocycles. The standard InChI is InChI=1S/C18H17N3O2S/c1-19-16(22)12-15-17(23)21(14-10-6-3-7-11-14)18(24-15)20-13-8-4-2-5-9-13/h2-11,15H,12H2,1H3,(H,19,22)/t15-/m1/s1. The molecule has 2 amide bonds. The fraction of sp³-hybridized carbons (Fsp3) is 0.167. The summed E-state index contributed by atoms with van der Waals surface area (Å²) in [6.45, 7) is 0. The Morgan fingerprint density at radius 3 is 2.38 bits per heavy atom. The highest BCUT2D eigenvalue weighted by atomic mass is 32.2. The van der Waals surface area contributed by atoms with Gasteiger partial charge >= 0.3 is 0 Å². The number of amidine groups is 1. The molecule has 0 unspecified atom stereocenters. The van der Waals surface area contributed by atoms with Crippen molar-refractivity contribution in [3.8, 4) is 0 Å². The molecule has 1 N–H and O–H groups in total. The lowest BCUT2D eigenvalue weighted by atomic mass is 10.2. The highest BCUT2D eigenvalue weighted by molar-refractivity contribution is 8.16. The van der Waals surface area contributed by atoms with E-state index in [1.54, 1.807) is 11.9 Å². The van der Waals surface area contributed by atoms with Crippen LogP contribution in [0, 0.1) is 0 Å². The number of hydrogen-bond donors (Lipinski definition) is 1. The fourth-order valence-corrected chi connectivity index (χ4v) is 3.53. The lowest BCUT2D eigenvalue weighted by Crippen LogP contribution is -2.34. The molecular formula is C18H17N3O2S. The Bertz CT molecular complexity index is 762. The van der Waals surface area contributed by atoms with Gasteiger partial charge in [0.1, 0.15) is 5.25 Å². The van der Waals surface area contributed by atoms with E-state index in [0.717, 1.165) is 11.4 Å². The molecular weight excluding hydrogens is 322 g/mol. The first-order valence-corrected chi connectivity index (χ1v) is 8.47. The van der Waals surface area contributed by atoms with Crippen molar-refractivity contribution in [1.29, 1.82) is 0 Å². The topological polar surface area (TPSA) is 61.8 Å². The van der Waals surface area contributed by atoms with Crippen molar-refractivity contribution in [2.45, 2.75) is 11.7 Å². The summed E-state index contributed by atoms with van der Waals surface area (Å²) in [5.74, 6) is -0.278. The van der Waals surface area contributed by atoms with Crippen molar-refractivity contribution >= 4 is 40.1 Å². The first-order valence-electron chi connectivity index (χ1n) is 7.59. The van der Waals surface area contributed by atoms with Gasteiger partial charge in [-0.3, -0.25) is 14.5 Å². The van der Waals surface area contributed by atoms with E-state index in [1.165, 1.54) is 11.8 Å². The van der Waals surface area contributed by atoms with E-state index in [2.05, 4.69) is 10.3 Å². The minimum atomic E-state index is -0.465. The van der Waals surface area contributed by atoms with Gasteiger partial charge in [0, 0.05) is 13.5 Å². The first kappa shape index (κ1) is 16.3. The maximum Gasteiger partial charge on any atom is 0.247 e. The number of thioether (sulfide) groups is 1. The van der Waals surface area contributed by atoms with Crippen LogP contribution in [0.5, 0.6) is 0 Å². The number of rotatable bonds is 4. The van der Waals surface area contributed by atoms with Gasteiger partial charge in [0.2, 0.25) is 11.8 Å². The van der Waals surface area contributed by atoms with Crippen molar-refractivity contribution in [3.63, 3.8) is 0 Å². The van der Waals surface area contributed by atoms with Crippen LogP contribution >= 0.6 is 11.8 Å². The van der Waals surface area contributed by atoms with E-state index in [9.17, 15) is 9.59 Å². The maximum atomic E-state index is 12.8. The average Bonchev–Trinajstić information content (AvgIpc) is 2.91. The number of benzene rings is 2. The molecule has 0 bridgehead atoms. The summed E-state index contributed by atoms with van der Waals surface area (Å²) in [5, 5.41) is 2.69. The lowest BCUT2D eigenvalue weighted by Gasteiger charge is -2.16. The number of amides is 2. The summed E-state index contributed by atoms with van der Waals surface area (Å²) in [6, 6.07) is 18.8. The van der Waals surface area contributed by atoms with E-state index in [0.29, 0.717) is 5.17 Å². The van der Waals surface area contributed by atoms with Gasteiger partial charge in [0.25, 0.3) is 0 Å². The Morgan fingerprint density at radius 1 is 1.12 bits per heavy atom. The Balaban J connectivity index is 1.96. The largest absolute Gasteiger partial charge is 0.359 e. The number of nitrogens with zero attached hydrogens (tertiary/aromatic N) is 2. The van der Waals surface area contributed by atoms with Crippen LogP contribution in [0.3, 0.4) is 0 Å². The van der Waals surface area contributed by atoms with Crippen LogP contribution in [-0.4, -0.2) is 29.3 Å². The van der Waals surface area contributed by atoms with Crippen LogP contribution in [0.25, 0.3) is 0 Å². The van der Waals surface area contributed by atoms with Crippen LogP contribution in [0.1, 0.15) is 6.42 Å². The molecule has 2 aromatic carbocycles. The highest BCUT2D eigenvalue weighted by Crippen LogP contribution is 2.34. The van der Waals surface area contributed by atoms with Crippen molar-refractivity contribution in [2.24, 2.45) is 4.99 Å². The molecule has 0 saturated carbocycles. The summed E-state index contributed by atoms with van der Waals surface area (Å²) >= 11 is 1.33. The van der Waals surface area contributed by atoms with Crippen LogP contribution in [0.2, 0.25) is 0 Å². The zero-order chi connectivity index (χ0) is 16.9. The Kier molecular flexibility index (Phi) is 4.96. The van der Waals surface area contributed by atoms with Crippen LogP contribution in [0.15, 0.2) is 65.7 Å². The molecule has 1 aliphatic rings. The number of anilines is 1. The van der Waals surface area contributed by atoms with Gasteiger partial charge in [-0.15, -0.1) is 0 Å². The molecule has 0 aromatic heterocycles. The molecule has 0 spiro atoms. The number of nitrogens with one attached hydrogen (secondary N) is 1. The summed E-state index contributed by atoms with van der Waals surface area (Å²) in [7, 11) is 1.57. The monoisotopic (exact) mass is 339 g/mol. The first-order chi connectivity index (χ1) is 11.7. The molecule has 0 radical (unpaired) electrons. The Morgan fingerprint density at radius 2 is 1.75 bits per heavy atom. The fourth-order valence-electron chi connectivity index (χ4n) is 2.37. The molecule has 5 nitrogen and oxygen atoms in total. The molecule has 24 heavy (non-hydrogen) atoms. The van der Waals surface area contributed by atoms with Crippen LogP contribution in [0.4, 0.5) is 11.4 Å². The average molecular weight is 339 g/mol. The lowest BCUT2D eigenvalue weighted by molar-refractivity contribution is -0.123. The van der Waals surface area contributed by atoms with Gasteiger partial charge in [-0.05, 0) is 24.3 Å². The van der Waals surface area contributed by atoms with E-state index in [-0.39, 0.29) is 18.2 Å². The third kappa shape index (κ3) is 3.49. The minimum absolute atomic E-state index is 0.121. The Hall–Kier alpha value is -2.60. The third-order valence-corrected chi connectivity index (χ3v) is 4.72. The summed E-state index contributed by atoms with van der Waals surface area (Å²) in [6.07, 6.45) is 0.136. The van der Waals surface area contributed by atoms with Gasteiger partial charge in [-0.1, -0.05) is 48.2 Å². The zero-order valence-corrected chi connectivity index (χ0v) is 14.0. The van der Waals surface area contributed by atoms with Crippen molar-refractivity contribution in [1.82, 2.24) is 5.32 Å². The summed E-state index contributed by atoms with van der Waals surface area (Å²) in [5.41, 5.74) is 1.53. The summed E-state index contributed by atoms with van der Waals surface area (Å²) in [4.78, 5) is 30.7. The SMILES string of the molecule is CNC(=O)C[C@H]1SC(=Nc2ccccc2)N(c2ccccc2)C1=O. The normalized spacial score (nSPS) is 18.9. The highest BCUT2D eigenvalue weighted by Gasteiger charge is 2.39. The molecule has 6 heteroatoms. The van der Waals surface area contributed by atoms with E-state index in [4.69, 9.17) is 0 Å². The van der Waals surface area contributed by atoms with Crippen molar-refractivity contribution in [3.05, 3.63) is 60.7 Å². The van der Waals surface area contributed by atoms with Gasteiger partial charge in [0.05, 0.1) is 11.4 Å². The van der Waals surface area contributed by atoms with E-state index >= 15 is 0 Å². The third-order valence-electron chi connectivity index (χ3n) is 3.58. The second-order valence-corrected chi connectivity index (χ2v) is 6.39. The maximum absolute atomic E-state index is 12.8. The molecule has 3 rings (SSSR count). The minimum Gasteiger partial charge on any atom is -0.359 e. The number of carbonyl (C=O) groups excluding carboxylic acids is 2. The molecule has 1 heterocycles. The zero-order valence-electron chi connectivity index (χ0n) is 13.2. The van der Waals surface area contributed by atoms with Crippen molar-refractivity contribution in [2.75, 3.05) is 11.9 Å². The molecule has 1 fully saturated rings.